The second-order valence-electron chi connectivity index (χ2n) is 4.80. The van der Waals surface area contributed by atoms with Crippen molar-refractivity contribution in [1.82, 2.24) is 9.78 Å². The first kappa shape index (κ1) is 14.1. The van der Waals surface area contributed by atoms with Crippen molar-refractivity contribution in [2.75, 3.05) is 13.2 Å². The van der Waals surface area contributed by atoms with Crippen LogP contribution >= 0.6 is 15.9 Å². The minimum Gasteiger partial charge on any atom is -0.493 e. The number of nitrogens with zero attached hydrogens (tertiary/aromatic N) is 2. The quantitative estimate of drug-likeness (QED) is 0.795. The van der Waals surface area contributed by atoms with E-state index >= 15 is 0 Å². The van der Waals surface area contributed by atoms with Gasteiger partial charge >= 0.3 is 5.97 Å². The van der Waals surface area contributed by atoms with Gasteiger partial charge in [0.15, 0.2) is 0 Å². The second kappa shape index (κ2) is 5.89. The lowest BCUT2D eigenvalue weighted by atomic mass is 10.1. The molecule has 3 rings (SSSR count). The molecule has 0 radical (unpaired) electrons. The smallest absolute Gasteiger partial charge is 0.341 e. The maximum Gasteiger partial charge on any atom is 0.341 e. The Bertz CT molecular complexity index is 682. The molecule has 1 aromatic heterocycles. The second-order valence-corrected chi connectivity index (χ2v) is 5.71. The van der Waals surface area contributed by atoms with E-state index in [0.29, 0.717) is 25.3 Å². The molecule has 0 amide bonds. The summed E-state index contributed by atoms with van der Waals surface area (Å²) in [5.41, 5.74) is 2.72. The summed E-state index contributed by atoms with van der Waals surface area (Å²) in [6.45, 7) is 3.41. The summed E-state index contributed by atoms with van der Waals surface area (Å²) in [6, 6.07) is 4.11. The summed E-state index contributed by atoms with van der Waals surface area (Å²) in [5.74, 6) is 0.589. The molecule has 1 aromatic carbocycles. The van der Waals surface area contributed by atoms with Crippen LogP contribution in [0.4, 0.5) is 0 Å². The molecule has 0 aliphatic carbocycles. The van der Waals surface area contributed by atoms with Crippen molar-refractivity contribution in [1.29, 1.82) is 0 Å². The third-order valence-electron chi connectivity index (χ3n) is 3.30. The molecule has 0 saturated heterocycles. The van der Waals surface area contributed by atoms with E-state index < -0.39 is 0 Å². The van der Waals surface area contributed by atoms with Crippen LogP contribution in [-0.4, -0.2) is 29.0 Å². The van der Waals surface area contributed by atoms with Gasteiger partial charge in [0.05, 0.1) is 31.5 Å². The van der Waals surface area contributed by atoms with Crippen LogP contribution in [0.5, 0.6) is 5.75 Å². The molecule has 5 nitrogen and oxygen atoms in total. The predicted molar refractivity (Wildman–Crippen MR) is 80.6 cm³/mol. The standard InChI is InChI=1S/C15H15BrN2O3/c1-2-20-15(19)12-7-17-18(9-12)8-11-6-13(16)5-10-3-4-21-14(10)11/h5-7,9H,2-4,8H2,1H3. The molecule has 0 bridgehead atoms. The van der Waals surface area contributed by atoms with E-state index in [4.69, 9.17) is 9.47 Å². The first-order valence-electron chi connectivity index (χ1n) is 6.81. The zero-order chi connectivity index (χ0) is 14.8. The van der Waals surface area contributed by atoms with Crippen LogP contribution in [0.3, 0.4) is 0 Å². The lowest BCUT2D eigenvalue weighted by Gasteiger charge is -2.09. The fraction of sp³-hybridized carbons (Fsp3) is 0.333. The fourth-order valence-electron chi connectivity index (χ4n) is 2.41. The molecule has 0 fully saturated rings. The summed E-state index contributed by atoms with van der Waals surface area (Å²) in [5, 5.41) is 4.21. The minimum absolute atomic E-state index is 0.348. The van der Waals surface area contributed by atoms with E-state index in [1.54, 1.807) is 17.8 Å². The number of hydrogen-bond donors (Lipinski definition) is 0. The summed E-state index contributed by atoms with van der Waals surface area (Å²) >= 11 is 3.52. The van der Waals surface area contributed by atoms with Gasteiger partial charge in [0.2, 0.25) is 0 Å². The summed E-state index contributed by atoms with van der Waals surface area (Å²) in [7, 11) is 0. The van der Waals surface area contributed by atoms with E-state index in [1.165, 1.54) is 11.8 Å². The zero-order valence-corrected chi connectivity index (χ0v) is 13.2. The van der Waals surface area contributed by atoms with Gasteiger partial charge in [-0.2, -0.15) is 5.10 Å². The minimum atomic E-state index is -0.348. The fourth-order valence-corrected chi connectivity index (χ4v) is 2.96. The lowest BCUT2D eigenvalue weighted by molar-refractivity contribution is 0.0526. The highest BCUT2D eigenvalue weighted by Crippen LogP contribution is 2.33. The number of rotatable bonds is 4. The average Bonchev–Trinajstić information content (AvgIpc) is 3.07. The molecule has 0 unspecified atom stereocenters. The largest absolute Gasteiger partial charge is 0.493 e. The van der Waals surface area contributed by atoms with Crippen LogP contribution in [0.15, 0.2) is 29.0 Å². The molecule has 110 valence electrons. The highest BCUT2D eigenvalue weighted by atomic mass is 79.9. The Morgan fingerprint density at radius 2 is 2.38 bits per heavy atom. The molecular formula is C15H15BrN2O3. The summed E-state index contributed by atoms with van der Waals surface area (Å²) < 4.78 is 13.4. The Labute approximate surface area is 131 Å². The van der Waals surface area contributed by atoms with Crippen LogP contribution in [0.2, 0.25) is 0 Å². The number of aromatic nitrogens is 2. The van der Waals surface area contributed by atoms with E-state index in [1.807, 2.05) is 6.07 Å². The van der Waals surface area contributed by atoms with Crippen LogP contribution < -0.4 is 4.74 Å². The van der Waals surface area contributed by atoms with E-state index in [0.717, 1.165) is 22.2 Å². The summed E-state index contributed by atoms with van der Waals surface area (Å²) in [4.78, 5) is 11.6. The Morgan fingerprint density at radius 1 is 1.52 bits per heavy atom. The van der Waals surface area contributed by atoms with Crippen molar-refractivity contribution in [3.05, 3.63) is 45.7 Å². The number of ether oxygens (including phenoxy) is 2. The average molecular weight is 351 g/mol. The van der Waals surface area contributed by atoms with E-state index in [9.17, 15) is 4.79 Å². The molecular weight excluding hydrogens is 336 g/mol. The van der Waals surface area contributed by atoms with E-state index in [-0.39, 0.29) is 5.97 Å². The molecule has 2 heterocycles. The number of esters is 1. The first-order valence-corrected chi connectivity index (χ1v) is 7.60. The maximum atomic E-state index is 11.6. The normalized spacial score (nSPS) is 12.9. The Balaban J connectivity index is 1.83. The molecule has 2 aromatic rings. The maximum absolute atomic E-state index is 11.6. The van der Waals surface area contributed by atoms with Gasteiger partial charge < -0.3 is 9.47 Å². The van der Waals surface area contributed by atoms with Crippen molar-refractivity contribution in [3.63, 3.8) is 0 Å². The van der Waals surface area contributed by atoms with Crippen LogP contribution in [0.25, 0.3) is 0 Å². The molecule has 6 heteroatoms. The van der Waals surface area contributed by atoms with Crippen molar-refractivity contribution < 1.29 is 14.3 Å². The highest BCUT2D eigenvalue weighted by molar-refractivity contribution is 9.10. The van der Waals surface area contributed by atoms with Gasteiger partial charge in [-0.1, -0.05) is 15.9 Å². The number of benzene rings is 1. The topological polar surface area (TPSA) is 53.3 Å². The molecule has 21 heavy (non-hydrogen) atoms. The molecule has 0 N–H and O–H groups in total. The SMILES string of the molecule is CCOC(=O)c1cnn(Cc2cc(Br)cc3c2OCC3)c1. The summed E-state index contributed by atoms with van der Waals surface area (Å²) in [6.07, 6.45) is 4.15. The molecule has 1 aliphatic heterocycles. The molecule has 1 aliphatic rings. The van der Waals surface area contributed by atoms with Crippen LogP contribution in [0.1, 0.15) is 28.4 Å². The number of hydrogen-bond acceptors (Lipinski definition) is 4. The number of carbonyl (C=O) groups excluding carboxylic acids is 1. The molecule has 0 saturated carbocycles. The van der Waals surface area contributed by atoms with Crippen molar-refractivity contribution in [3.8, 4) is 5.75 Å². The predicted octanol–water partition coefficient (Wildman–Crippen LogP) is 2.81. The van der Waals surface area contributed by atoms with Gasteiger partial charge in [-0.15, -0.1) is 0 Å². The third kappa shape index (κ3) is 2.95. The zero-order valence-electron chi connectivity index (χ0n) is 11.6. The number of carbonyl (C=O) groups is 1. The van der Waals surface area contributed by atoms with Gasteiger partial charge in [0, 0.05) is 22.7 Å². The first-order chi connectivity index (χ1) is 10.2. The lowest BCUT2D eigenvalue weighted by Crippen LogP contribution is -2.04. The highest BCUT2D eigenvalue weighted by Gasteiger charge is 2.18. The van der Waals surface area contributed by atoms with Gasteiger partial charge in [0.1, 0.15) is 5.75 Å². The van der Waals surface area contributed by atoms with Crippen molar-refractivity contribution in [2.45, 2.75) is 19.9 Å². The van der Waals surface area contributed by atoms with Gasteiger partial charge in [-0.05, 0) is 24.6 Å². The van der Waals surface area contributed by atoms with Crippen molar-refractivity contribution in [2.24, 2.45) is 0 Å². The van der Waals surface area contributed by atoms with Crippen LogP contribution in [-0.2, 0) is 17.7 Å². The monoisotopic (exact) mass is 350 g/mol. The van der Waals surface area contributed by atoms with Crippen LogP contribution in [0, 0.1) is 0 Å². The van der Waals surface area contributed by atoms with Gasteiger partial charge in [-0.25, -0.2) is 4.79 Å². The number of halogens is 1. The Kier molecular flexibility index (Phi) is 3.96. The van der Waals surface area contributed by atoms with Gasteiger partial charge in [0.25, 0.3) is 0 Å². The molecule has 0 atom stereocenters. The van der Waals surface area contributed by atoms with Crippen molar-refractivity contribution >= 4 is 21.9 Å². The Hall–Kier alpha value is -1.82. The number of fused-ring (bicyclic) bond motifs is 1. The van der Waals surface area contributed by atoms with E-state index in [2.05, 4.69) is 27.1 Å². The third-order valence-corrected chi connectivity index (χ3v) is 3.76. The Morgan fingerprint density at radius 3 is 3.19 bits per heavy atom. The molecule has 0 spiro atoms. The van der Waals surface area contributed by atoms with Gasteiger partial charge in [-0.3, -0.25) is 4.68 Å².